The molecule has 1 atom stereocenters. The fourth-order valence-corrected chi connectivity index (χ4v) is 3.09. The van der Waals surface area contributed by atoms with E-state index in [4.69, 9.17) is 9.47 Å². The summed E-state index contributed by atoms with van der Waals surface area (Å²) in [7, 11) is 0. The maximum atomic E-state index is 12.2. The number of esters is 1. The molecule has 0 radical (unpaired) electrons. The van der Waals surface area contributed by atoms with Crippen molar-refractivity contribution in [1.82, 2.24) is 5.32 Å². The maximum absolute atomic E-state index is 12.2. The Bertz CT molecular complexity index is 976. The number of rotatable bonds is 8. The highest BCUT2D eigenvalue weighted by Crippen LogP contribution is 2.23. The van der Waals surface area contributed by atoms with E-state index in [1.165, 1.54) is 0 Å². The van der Waals surface area contributed by atoms with Gasteiger partial charge in [0.25, 0.3) is 5.91 Å². The molecule has 150 valence electrons. The van der Waals surface area contributed by atoms with Crippen LogP contribution in [0, 0.1) is 6.92 Å². The summed E-state index contributed by atoms with van der Waals surface area (Å²) in [5, 5.41) is 5.09. The Labute approximate surface area is 170 Å². The Morgan fingerprint density at radius 1 is 0.966 bits per heavy atom. The lowest BCUT2D eigenvalue weighted by atomic mass is 10.00. The SMILES string of the molecule is Cc1ccc(OCCC(=O)OCC(=O)N[C@@H](C)c2cccc3ccccc23)cc1. The van der Waals surface area contributed by atoms with Gasteiger partial charge in [0.2, 0.25) is 0 Å². The Hall–Kier alpha value is -3.34. The van der Waals surface area contributed by atoms with Crippen LogP contribution < -0.4 is 10.1 Å². The highest BCUT2D eigenvalue weighted by molar-refractivity contribution is 5.87. The lowest BCUT2D eigenvalue weighted by molar-refractivity contribution is -0.149. The van der Waals surface area contributed by atoms with Crippen LogP contribution in [-0.2, 0) is 14.3 Å². The number of benzene rings is 3. The van der Waals surface area contributed by atoms with Gasteiger partial charge in [-0.25, -0.2) is 0 Å². The van der Waals surface area contributed by atoms with Crippen LogP contribution in [-0.4, -0.2) is 25.1 Å². The van der Waals surface area contributed by atoms with Gasteiger partial charge in [-0.15, -0.1) is 0 Å². The van der Waals surface area contributed by atoms with Gasteiger partial charge in [-0.2, -0.15) is 0 Å². The zero-order chi connectivity index (χ0) is 20.6. The van der Waals surface area contributed by atoms with Gasteiger partial charge in [-0.05, 0) is 42.3 Å². The average Bonchev–Trinajstić information content (AvgIpc) is 2.73. The molecule has 29 heavy (non-hydrogen) atoms. The summed E-state index contributed by atoms with van der Waals surface area (Å²) in [5.41, 5.74) is 2.16. The third kappa shape index (κ3) is 5.82. The van der Waals surface area contributed by atoms with Crippen LogP contribution in [0.2, 0.25) is 0 Å². The highest BCUT2D eigenvalue weighted by atomic mass is 16.5. The van der Waals surface area contributed by atoms with Crippen molar-refractivity contribution in [3.8, 4) is 5.75 Å². The Morgan fingerprint density at radius 3 is 2.48 bits per heavy atom. The average molecular weight is 391 g/mol. The van der Waals surface area contributed by atoms with Gasteiger partial charge in [0.05, 0.1) is 19.1 Å². The summed E-state index contributed by atoms with van der Waals surface area (Å²) < 4.78 is 10.6. The molecule has 0 aliphatic rings. The normalized spacial score (nSPS) is 11.7. The number of fused-ring (bicyclic) bond motifs is 1. The topological polar surface area (TPSA) is 64.6 Å². The molecule has 0 aromatic heterocycles. The second-order valence-corrected chi connectivity index (χ2v) is 6.93. The quantitative estimate of drug-likeness (QED) is 0.580. The summed E-state index contributed by atoms with van der Waals surface area (Å²) >= 11 is 0. The van der Waals surface area contributed by atoms with E-state index in [0.717, 1.165) is 21.9 Å². The molecular weight excluding hydrogens is 366 g/mol. The van der Waals surface area contributed by atoms with Crippen molar-refractivity contribution in [2.45, 2.75) is 26.3 Å². The van der Waals surface area contributed by atoms with Crippen LogP contribution in [0.1, 0.15) is 30.5 Å². The Balaban J connectivity index is 1.43. The number of carbonyl (C=O) groups excluding carboxylic acids is 2. The lowest BCUT2D eigenvalue weighted by Crippen LogP contribution is -2.31. The van der Waals surface area contributed by atoms with E-state index < -0.39 is 5.97 Å². The first-order chi connectivity index (χ1) is 14.0. The molecule has 0 saturated carbocycles. The summed E-state index contributed by atoms with van der Waals surface area (Å²) in [4.78, 5) is 24.0. The number of amides is 1. The van der Waals surface area contributed by atoms with Crippen molar-refractivity contribution >= 4 is 22.6 Å². The number of ether oxygens (including phenoxy) is 2. The molecule has 1 N–H and O–H groups in total. The van der Waals surface area contributed by atoms with Gasteiger partial charge < -0.3 is 14.8 Å². The van der Waals surface area contributed by atoms with Gasteiger partial charge >= 0.3 is 5.97 Å². The zero-order valence-corrected chi connectivity index (χ0v) is 16.7. The molecule has 3 aromatic rings. The number of aryl methyl sites for hydroxylation is 1. The largest absolute Gasteiger partial charge is 0.493 e. The first kappa shape index (κ1) is 20.4. The second kappa shape index (κ2) is 9.73. The Morgan fingerprint density at radius 2 is 1.69 bits per heavy atom. The van der Waals surface area contributed by atoms with E-state index in [-0.39, 0.29) is 31.6 Å². The Kier molecular flexibility index (Phi) is 6.85. The molecule has 0 spiro atoms. The molecular formula is C24H25NO4. The molecule has 0 heterocycles. The predicted molar refractivity (Wildman–Crippen MR) is 113 cm³/mol. The van der Waals surface area contributed by atoms with Crippen molar-refractivity contribution in [3.05, 3.63) is 77.9 Å². The summed E-state index contributed by atoms with van der Waals surface area (Å²) in [5.74, 6) is -0.103. The lowest BCUT2D eigenvalue weighted by Gasteiger charge is -2.16. The predicted octanol–water partition coefficient (Wildman–Crippen LogP) is 4.34. The standard InChI is InChI=1S/C24H25NO4/c1-17-10-12-20(13-11-17)28-15-14-24(27)29-16-23(26)25-18(2)21-9-5-7-19-6-3-4-8-22(19)21/h3-13,18H,14-16H2,1-2H3,(H,25,26)/t18-/m0/s1. The fourth-order valence-electron chi connectivity index (χ4n) is 3.09. The molecule has 5 heteroatoms. The van der Waals surface area contributed by atoms with Crippen LogP contribution in [0.15, 0.2) is 66.7 Å². The summed E-state index contributed by atoms with van der Waals surface area (Å²) in [6, 6.07) is 21.4. The smallest absolute Gasteiger partial charge is 0.309 e. The van der Waals surface area contributed by atoms with E-state index in [1.54, 1.807) is 0 Å². The van der Waals surface area contributed by atoms with Crippen molar-refractivity contribution in [1.29, 1.82) is 0 Å². The first-order valence-electron chi connectivity index (χ1n) is 9.65. The van der Waals surface area contributed by atoms with Gasteiger partial charge in [-0.1, -0.05) is 60.2 Å². The molecule has 3 rings (SSSR count). The molecule has 0 aliphatic heterocycles. The molecule has 5 nitrogen and oxygen atoms in total. The number of carbonyl (C=O) groups is 2. The molecule has 0 fully saturated rings. The second-order valence-electron chi connectivity index (χ2n) is 6.93. The monoisotopic (exact) mass is 391 g/mol. The minimum atomic E-state index is -0.468. The van der Waals surface area contributed by atoms with Crippen molar-refractivity contribution < 1.29 is 19.1 Å². The van der Waals surface area contributed by atoms with E-state index in [2.05, 4.69) is 5.32 Å². The third-order valence-electron chi connectivity index (χ3n) is 4.63. The van der Waals surface area contributed by atoms with E-state index in [1.807, 2.05) is 80.6 Å². The van der Waals surface area contributed by atoms with Crippen LogP contribution in [0.3, 0.4) is 0 Å². The van der Waals surface area contributed by atoms with E-state index >= 15 is 0 Å². The van der Waals surface area contributed by atoms with Gasteiger partial charge in [0.1, 0.15) is 5.75 Å². The van der Waals surface area contributed by atoms with Crippen molar-refractivity contribution in [3.63, 3.8) is 0 Å². The van der Waals surface area contributed by atoms with Gasteiger partial charge in [-0.3, -0.25) is 9.59 Å². The molecule has 0 bridgehead atoms. The van der Waals surface area contributed by atoms with Crippen LogP contribution in [0.4, 0.5) is 0 Å². The molecule has 0 aliphatic carbocycles. The zero-order valence-electron chi connectivity index (χ0n) is 16.7. The van der Waals surface area contributed by atoms with Crippen molar-refractivity contribution in [2.24, 2.45) is 0 Å². The summed E-state index contributed by atoms with van der Waals surface area (Å²) in [6.45, 7) is 3.80. The number of hydrogen-bond donors (Lipinski definition) is 1. The highest BCUT2D eigenvalue weighted by Gasteiger charge is 2.14. The number of nitrogens with one attached hydrogen (secondary N) is 1. The van der Waals surface area contributed by atoms with Gasteiger partial charge in [0, 0.05) is 0 Å². The minimum Gasteiger partial charge on any atom is -0.493 e. The van der Waals surface area contributed by atoms with Crippen molar-refractivity contribution in [2.75, 3.05) is 13.2 Å². The molecule has 0 unspecified atom stereocenters. The van der Waals surface area contributed by atoms with E-state index in [9.17, 15) is 9.59 Å². The number of hydrogen-bond acceptors (Lipinski definition) is 4. The molecule has 1 amide bonds. The van der Waals surface area contributed by atoms with Gasteiger partial charge in [0.15, 0.2) is 6.61 Å². The fraction of sp³-hybridized carbons (Fsp3) is 0.250. The van der Waals surface area contributed by atoms with Crippen LogP contribution in [0.5, 0.6) is 5.75 Å². The molecule has 0 saturated heterocycles. The first-order valence-corrected chi connectivity index (χ1v) is 9.65. The summed E-state index contributed by atoms with van der Waals surface area (Å²) in [6.07, 6.45) is 0.0834. The maximum Gasteiger partial charge on any atom is 0.309 e. The van der Waals surface area contributed by atoms with E-state index in [0.29, 0.717) is 5.75 Å². The van der Waals surface area contributed by atoms with Crippen LogP contribution in [0.25, 0.3) is 10.8 Å². The molecule has 3 aromatic carbocycles. The third-order valence-corrected chi connectivity index (χ3v) is 4.63. The minimum absolute atomic E-state index is 0.0834. The van der Waals surface area contributed by atoms with Crippen LogP contribution >= 0.6 is 0 Å².